The van der Waals surface area contributed by atoms with E-state index < -0.39 is 5.54 Å². The van der Waals surface area contributed by atoms with Crippen LogP contribution in [0.3, 0.4) is 0 Å². The first kappa shape index (κ1) is 18.0. The molecule has 0 fully saturated rings. The summed E-state index contributed by atoms with van der Waals surface area (Å²) in [7, 11) is 0. The van der Waals surface area contributed by atoms with E-state index in [1.54, 1.807) is 0 Å². The Morgan fingerprint density at radius 1 is 1.19 bits per heavy atom. The number of benzene rings is 1. The molecular formula is C18H31NO2. The minimum Gasteiger partial charge on any atom is -0.491 e. The van der Waals surface area contributed by atoms with E-state index in [1.807, 2.05) is 13.0 Å². The third kappa shape index (κ3) is 5.33. The summed E-state index contributed by atoms with van der Waals surface area (Å²) in [6.07, 6.45) is 0. The highest BCUT2D eigenvalue weighted by Crippen LogP contribution is 2.27. The van der Waals surface area contributed by atoms with E-state index in [4.69, 9.17) is 4.74 Å². The number of nitrogens with one attached hydrogen (secondary N) is 1. The molecule has 3 nitrogen and oxygen atoms in total. The van der Waals surface area contributed by atoms with Gasteiger partial charge >= 0.3 is 0 Å². The zero-order valence-corrected chi connectivity index (χ0v) is 14.6. The molecule has 1 aromatic carbocycles. The molecule has 0 amide bonds. The Hall–Kier alpha value is -1.06. The van der Waals surface area contributed by atoms with Crippen LogP contribution in [0.4, 0.5) is 0 Å². The van der Waals surface area contributed by atoms with Crippen LogP contribution < -0.4 is 10.1 Å². The maximum absolute atomic E-state index is 9.59. The number of hydrogen-bond donors (Lipinski definition) is 2. The molecule has 2 N–H and O–H groups in total. The Kier molecular flexibility index (Phi) is 5.83. The van der Waals surface area contributed by atoms with Crippen molar-refractivity contribution in [3.05, 3.63) is 29.3 Å². The highest BCUT2D eigenvalue weighted by atomic mass is 16.5. The molecule has 0 aliphatic rings. The molecular weight excluding hydrogens is 262 g/mol. The minimum atomic E-state index is -0.427. The first-order valence-corrected chi connectivity index (χ1v) is 7.70. The molecule has 1 unspecified atom stereocenters. The summed E-state index contributed by atoms with van der Waals surface area (Å²) in [5, 5.41) is 12.9. The lowest BCUT2D eigenvalue weighted by Crippen LogP contribution is -2.53. The van der Waals surface area contributed by atoms with Gasteiger partial charge in [-0.2, -0.15) is 0 Å². The van der Waals surface area contributed by atoms with Gasteiger partial charge in [-0.15, -0.1) is 0 Å². The van der Waals surface area contributed by atoms with Crippen LogP contribution in [0.5, 0.6) is 5.75 Å². The SMILES string of the molecule is Cc1cc(C(C)(C)C)ccc1OCC(C)(CO)NC(C)C. The van der Waals surface area contributed by atoms with Gasteiger partial charge in [-0.1, -0.05) is 46.8 Å². The smallest absolute Gasteiger partial charge is 0.122 e. The van der Waals surface area contributed by atoms with Crippen LogP contribution in [0, 0.1) is 6.92 Å². The van der Waals surface area contributed by atoms with Crippen LogP contribution in [-0.4, -0.2) is 29.9 Å². The highest BCUT2D eigenvalue weighted by Gasteiger charge is 2.25. The van der Waals surface area contributed by atoms with Crippen LogP contribution >= 0.6 is 0 Å². The predicted molar refractivity (Wildman–Crippen MR) is 89.1 cm³/mol. The van der Waals surface area contributed by atoms with Crippen molar-refractivity contribution < 1.29 is 9.84 Å². The fourth-order valence-corrected chi connectivity index (χ4v) is 2.34. The number of aliphatic hydroxyl groups is 1. The largest absolute Gasteiger partial charge is 0.491 e. The quantitative estimate of drug-likeness (QED) is 0.844. The minimum absolute atomic E-state index is 0.0459. The Labute approximate surface area is 129 Å². The molecule has 0 bridgehead atoms. The summed E-state index contributed by atoms with van der Waals surface area (Å²) in [5.41, 5.74) is 2.15. The fraction of sp³-hybridized carbons (Fsp3) is 0.667. The van der Waals surface area contributed by atoms with Crippen LogP contribution in [-0.2, 0) is 5.41 Å². The second-order valence-corrected chi connectivity index (χ2v) is 7.54. The molecule has 120 valence electrons. The van der Waals surface area contributed by atoms with E-state index in [0.29, 0.717) is 12.6 Å². The van der Waals surface area contributed by atoms with Gasteiger partial charge in [0.2, 0.25) is 0 Å². The van der Waals surface area contributed by atoms with Crippen molar-refractivity contribution in [1.29, 1.82) is 0 Å². The van der Waals surface area contributed by atoms with Crippen LogP contribution in [0.1, 0.15) is 52.7 Å². The molecule has 1 rings (SSSR count). The Morgan fingerprint density at radius 2 is 1.81 bits per heavy atom. The first-order chi connectivity index (χ1) is 9.57. The van der Waals surface area contributed by atoms with Gasteiger partial charge in [-0.05, 0) is 36.5 Å². The molecule has 1 atom stereocenters. The average molecular weight is 293 g/mol. The topological polar surface area (TPSA) is 41.5 Å². The summed E-state index contributed by atoms with van der Waals surface area (Å²) in [4.78, 5) is 0. The molecule has 0 aliphatic heterocycles. The van der Waals surface area contributed by atoms with E-state index in [2.05, 4.69) is 59.0 Å². The van der Waals surface area contributed by atoms with Crippen molar-refractivity contribution in [1.82, 2.24) is 5.32 Å². The standard InChI is InChI=1S/C18H31NO2/c1-13(2)19-18(7,11-20)12-21-16-9-8-15(10-14(16)3)17(4,5)6/h8-10,13,19-20H,11-12H2,1-7H3. The second kappa shape index (κ2) is 6.80. The Morgan fingerprint density at radius 3 is 2.24 bits per heavy atom. The molecule has 0 aromatic heterocycles. The summed E-state index contributed by atoms with van der Waals surface area (Å²) >= 11 is 0. The zero-order valence-electron chi connectivity index (χ0n) is 14.6. The lowest BCUT2D eigenvalue weighted by atomic mass is 9.86. The number of rotatable bonds is 6. The van der Waals surface area contributed by atoms with Gasteiger partial charge in [0.1, 0.15) is 12.4 Å². The molecule has 0 saturated carbocycles. The number of aliphatic hydroxyl groups excluding tert-OH is 1. The van der Waals surface area contributed by atoms with E-state index in [1.165, 1.54) is 5.56 Å². The van der Waals surface area contributed by atoms with Gasteiger partial charge in [-0.25, -0.2) is 0 Å². The van der Waals surface area contributed by atoms with Crippen molar-refractivity contribution >= 4 is 0 Å². The molecule has 21 heavy (non-hydrogen) atoms. The lowest BCUT2D eigenvalue weighted by Gasteiger charge is -2.31. The highest BCUT2D eigenvalue weighted by molar-refractivity contribution is 5.38. The average Bonchev–Trinajstić information content (AvgIpc) is 2.35. The van der Waals surface area contributed by atoms with Crippen LogP contribution in [0.15, 0.2) is 18.2 Å². The monoisotopic (exact) mass is 293 g/mol. The third-order valence-corrected chi connectivity index (χ3v) is 3.57. The maximum Gasteiger partial charge on any atom is 0.122 e. The summed E-state index contributed by atoms with van der Waals surface area (Å²) < 4.78 is 5.94. The Bertz CT molecular complexity index is 463. The maximum atomic E-state index is 9.59. The molecule has 0 saturated heterocycles. The second-order valence-electron chi connectivity index (χ2n) is 7.54. The molecule has 0 spiro atoms. The van der Waals surface area contributed by atoms with Crippen molar-refractivity contribution in [2.24, 2.45) is 0 Å². The summed E-state index contributed by atoms with van der Waals surface area (Å²) in [5.74, 6) is 0.883. The van der Waals surface area contributed by atoms with Gasteiger partial charge in [0.05, 0.1) is 12.1 Å². The summed E-state index contributed by atoms with van der Waals surface area (Å²) in [6.45, 7) is 15.3. The van der Waals surface area contributed by atoms with Crippen LogP contribution in [0.25, 0.3) is 0 Å². The Balaban J connectivity index is 2.80. The molecule has 0 radical (unpaired) electrons. The van der Waals surface area contributed by atoms with E-state index in [9.17, 15) is 5.11 Å². The van der Waals surface area contributed by atoms with Gasteiger partial charge in [0.25, 0.3) is 0 Å². The van der Waals surface area contributed by atoms with Gasteiger partial charge < -0.3 is 15.2 Å². The van der Waals surface area contributed by atoms with E-state index >= 15 is 0 Å². The van der Waals surface area contributed by atoms with E-state index in [0.717, 1.165) is 11.3 Å². The molecule has 0 aliphatic carbocycles. The lowest BCUT2D eigenvalue weighted by molar-refractivity contribution is 0.108. The normalized spacial score (nSPS) is 15.1. The van der Waals surface area contributed by atoms with Crippen molar-refractivity contribution in [3.63, 3.8) is 0 Å². The summed E-state index contributed by atoms with van der Waals surface area (Å²) in [6, 6.07) is 6.63. The zero-order chi connectivity index (χ0) is 16.3. The number of ether oxygens (including phenoxy) is 1. The van der Waals surface area contributed by atoms with Gasteiger partial charge in [0.15, 0.2) is 0 Å². The fourth-order valence-electron chi connectivity index (χ4n) is 2.34. The molecule has 3 heteroatoms. The van der Waals surface area contributed by atoms with Crippen molar-refractivity contribution in [3.8, 4) is 5.75 Å². The third-order valence-electron chi connectivity index (χ3n) is 3.57. The van der Waals surface area contributed by atoms with Gasteiger partial charge in [-0.3, -0.25) is 0 Å². The molecule has 1 aromatic rings. The van der Waals surface area contributed by atoms with Crippen LogP contribution in [0.2, 0.25) is 0 Å². The van der Waals surface area contributed by atoms with Crippen molar-refractivity contribution in [2.75, 3.05) is 13.2 Å². The van der Waals surface area contributed by atoms with Gasteiger partial charge in [0, 0.05) is 6.04 Å². The number of aryl methyl sites for hydroxylation is 1. The van der Waals surface area contributed by atoms with Crippen molar-refractivity contribution in [2.45, 2.75) is 65.5 Å². The number of hydrogen-bond acceptors (Lipinski definition) is 3. The van der Waals surface area contributed by atoms with E-state index in [-0.39, 0.29) is 12.0 Å². The predicted octanol–water partition coefficient (Wildman–Crippen LogP) is 3.42. The molecule has 0 heterocycles. The first-order valence-electron chi connectivity index (χ1n) is 7.70.